The average molecular weight is 433 g/mol. The smallest absolute Gasteiger partial charge is 0.273 e. The van der Waals surface area contributed by atoms with Crippen molar-refractivity contribution in [3.05, 3.63) is 70.7 Å². The first-order valence-corrected chi connectivity index (χ1v) is 11.1. The number of benzene rings is 2. The maximum absolute atomic E-state index is 13.0. The number of nitriles is 1. The molecule has 1 amide bonds. The Labute approximate surface area is 186 Å². The molecule has 3 aromatic rings. The van der Waals surface area contributed by atoms with Gasteiger partial charge in [-0.25, -0.2) is 4.98 Å². The van der Waals surface area contributed by atoms with Gasteiger partial charge in [-0.3, -0.25) is 9.69 Å². The Morgan fingerprint density at radius 1 is 1.10 bits per heavy atom. The molecule has 0 saturated carbocycles. The van der Waals surface area contributed by atoms with Crippen LogP contribution in [0.15, 0.2) is 53.9 Å². The summed E-state index contributed by atoms with van der Waals surface area (Å²) in [4.78, 5) is 21.9. The molecule has 2 aromatic carbocycles. The summed E-state index contributed by atoms with van der Waals surface area (Å²) >= 11 is 1.49. The number of ether oxygens (including phenoxy) is 1. The lowest BCUT2D eigenvalue weighted by atomic mass is 10.1. The van der Waals surface area contributed by atoms with Crippen LogP contribution in [-0.4, -0.2) is 54.0 Å². The van der Waals surface area contributed by atoms with Gasteiger partial charge in [0.25, 0.3) is 5.91 Å². The van der Waals surface area contributed by atoms with E-state index in [9.17, 15) is 4.79 Å². The van der Waals surface area contributed by atoms with Crippen LogP contribution in [0.3, 0.4) is 0 Å². The van der Waals surface area contributed by atoms with Crippen LogP contribution < -0.4 is 4.74 Å². The standard InChI is InChI=1S/C24H24N4O2S/c1-30-21-9-7-20(8-10-21)23-26-22(17-31-23)24(29)28-12-2-11-27(13-14-28)16-19-5-3-18(15-25)4-6-19/h3-10,17H,2,11-14,16H2,1H3. The molecule has 158 valence electrons. The molecule has 6 nitrogen and oxygen atoms in total. The molecule has 0 spiro atoms. The van der Waals surface area contributed by atoms with Crippen molar-refractivity contribution in [1.82, 2.24) is 14.8 Å². The van der Waals surface area contributed by atoms with Gasteiger partial charge >= 0.3 is 0 Å². The Morgan fingerprint density at radius 3 is 2.58 bits per heavy atom. The van der Waals surface area contributed by atoms with Gasteiger partial charge in [-0.15, -0.1) is 11.3 Å². The highest BCUT2D eigenvalue weighted by Crippen LogP contribution is 2.26. The molecule has 7 heteroatoms. The number of thiazole rings is 1. The number of methoxy groups -OCH3 is 1. The van der Waals surface area contributed by atoms with Gasteiger partial charge in [0, 0.05) is 43.7 Å². The molecule has 31 heavy (non-hydrogen) atoms. The highest BCUT2D eigenvalue weighted by molar-refractivity contribution is 7.13. The van der Waals surface area contributed by atoms with Gasteiger partial charge in [0.15, 0.2) is 0 Å². The van der Waals surface area contributed by atoms with E-state index in [0.717, 1.165) is 48.9 Å². The van der Waals surface area contributed by atoms with E-state index in [-0.39, 0.29) is 5.91 Å². The van der Waals surface area contributed by atoms with Crippen LogP contribution in [-0.2, 0) is 6.54 Å². The van der Waals surface area contributed by atoms with Gasteiger partial charge in [-0.2, -0.15) is 5.26 Å². The molecule has 2 heterocycles. The second-order valence-electron chi connectivity index (χ2n) is 7.50. The molecule has 4 rings (SSSR count). The van der Waals surface area contributed by atoms with Crippen LogP contribution in [0.25, 0.3) is 10.6 Å². The Hall–Kier alpha value is -3.21. The van der Waals surface area contributed by atoms with E-state index < -0.39 is 0 Å². The minimum Gasteiger partial charge on any atom is -0.497 e. The van der Waals surface area contributed by atoms with Crippen LogP contribution in [0.4, 0.5) is 0 Å². The van der Waals surface area contributed by atoms with Crippen molar-refractivity contribution in [3.63, 3.8) is 0 Å². The van der Waals surface area contributed by atoms with Crippen LogP contribution in [0.2, 0.25) is 0 Å². The SMILES string of the molecule is COc1ccc(-c2nc(C(=O)N3CCCN(Cc4ccc(C#N)cc4)CC3)cs2)cc1. The minimum absolute atomic E-state index is 0.00349. The van der Waals surface area contributed by atoms with E-state index in [0.29, 0.717) is 17.8 Å². The first-order chi connectivity index (χ1) is 15.2. The predicted molar refractivity (Wildman–Crippen MR) is 121 cm³/mol. The third-order valence-corrected chi connectivity index (χ3v) is 6.32. The molecular formula is C24H24N4O2S. The number of aromatic nitrogens is 1. The van der Waals surface area contributed by atoms with Crippen molar-refractivity contribution in [2.75, 3.05) is 33.3 Å². The van der Waals surface area contributed by atoms with Gasteiger partial charge in [-0.1, -0.05) is 12.1 Å². The normalized spacial score (nSPS) is 14.6. The molecule has 0 unspecified atom stereocenters. The van der Waals surface area contributed by atoms with Gasteiger partial charge in [0.2, 0.25) is 0 Å². The van der Waals surface area contributed by atoms with Crippen LogP contribution >= 0.6 is 11.3 Å². The highest BCUT2D eigenvalue weighted by Gasteiger charge is 2.22. The number of carbonyl (C=O) groups excluding carboxylic acids is 1. The van der Waals surface area contributed by atoms with Crippen molar-refractivity contribution >= 4 is 17.2 Å². The molecule has 0 N–H and O–H groups in total. The number of amides is 1. The second-order valence-corrected chi connectivity index (χ2v) is 8.36. The van der Waals surface area contributed by atoms with E-state index >= 15 is 0 Å². The lowest BCUT2D eigenvalue weighted by molar-refractivity contribution is 0.0756. The molecule has 1 aliphatic rings. The largest absolute Gasteiger partial charge is 0.497 e. The Balaban J connectivity index is 1.37. The summed E-state index contributed by atoms with van der Waals surface area (Å²) in [6.45, 7) is 4.01. The van der Waals surface area contributed by atoms with Gasteiger partial charge in [0.05, 0.1) is 18.7 Å². The highest BCUT2D eigenvalue weighted by atomic mass is 32.1. The van der Waals surface area contributed by atoms with Crippen molar-refractivity contribution in [3.8, 4) is 22.4 Å². The van der Waals surface area contributed by atoms with Crippen molar-refractivity contribution in [2.24, 2.45) is 0 Å². The lowest BCUT2D eigenvalue weighted by Gasteiger charge is -2.21. The maximum Gasteiger partial charge on any atom is 0.273 e. The van der Waals surface area contributed by atoms with Gasteiger partial charge < -0.3 is 9.64 Å². The number of hydrogen-bond donors (Lipinski definition) is 0. The van der Waals surface area contributed by atoms with Gasteiger partial charge in [-0.05, 0) is 48.4 Å². The summed E-state index contributed by atoms with van der Waals surface area (Å²) in [5.74, 6) is 0.794. The fraction of sp³-hybridized carbons (Fsp3) is 0.292. The first kappa shape index (κ1) is 21.0. The summed E-state index contributed by atoms with van der Waals surface area (Å²) in [6, 6.07) is 17.6. The van der Waals surface area contributed by atoms with Gasteiger partial charge in [0.1, 0.15) is 16.5 Å². The number of rotatable bonds is 5. The predicted octanol–water partition coefficient (Wildman–Crippen LogP) is 4.04. The number of hydrogen-bond acceptors (Lipinski definition) is 6. The molecule has 0 aliphatic carbocycles. The number of nitrogens with zero attached hydrogens (tertiary/aromatic N) is 4. The molecule has 0 radical (unpaired) electrons. The summed E-state index contributed by atoms with van der Waals surface area (Å²) in [5, 5.41) is 11.6. The van der Waals surface area contributed by atoms with Crippen molar-refractivity contribution in [1.29, 1.82) is 5.26 Å². The average Bonchev–Trinajstić information content (AvgIpc) is 3.20. The van der Waals surface area contributed by atoms with E-state index in [1.807, 2.05) is 58.8 Å². The van der Waals surface area contributed by atoms with Crippen LogP contribution in [0.1, 0.15) is 28.0 Å². The zero-order valence-electron chi connectivity index (χ0n) is 17.5. The zero-order valence-corrected chi connectivity index (χ0v) is 18.3. The Morgan fingerprint density at radius 2 is 1.87 bits per heavy atom. The fourth-order valence-corrected chi connectivity index (χ4v) is 4.48. The summed E-state index contributed by atoms with van der Waals surface area (Å²) in [7, 11) is 1.64. The van der Waals surface area contributed by atoms with E-state index in [1.165, 1.54) is 16.9 Å². The lowest BCUT2D eigenvalue weighted by Crippen LogP contribution is -2.35. The Kier molecular flexibility index (Phi) is 6.60. The molecule has 1 fully saturated rings. The minimum atomic E-state index is -0.00349. The van der Waals surface area contributed by atoms with Crippen LogP contribution in [0.5, 0.6) is 5.75 Å². The molecule has 1 saturated heterocycles. The summed E-state index contributed by atoms with van der Waals surface area (Å²) in [6.07, 6.45) is 0.928. The molecule has 0 bridgehead atoms. The molecular weight excluding hydrogens is 408 g/mol. The molecule has 1 aromatic heterocycles. The van der Waals surface area contributed by atoms with Crippen molar-refractivity contribution < 1.29 is 9.53 Å². The fourth-order valence-electron chi connectivity index (χ4n) is 3.68. The van der Waals surface area contributed by atoms with Crippen molar-refractivity contribution in [2.45, 2.75) is 13.0 Å². The van der Waals surface area contributed by atoms with E-state index in [1.54, 1.807) is 7.11 Å². The Bertz CT molecular complexity index is 1070. The second kappa shape index (κ2) is 9.73. The van der Waals surface area contributed by atoms with E-state index in [4.69, 9.17) is 10.00 Å². The van der Waals surface area contributed by atoms with E-state index in [2.05, 4.69) is 16.0 Å². The third-order valence-electron chi connectivity index (χ3n) is 5.43. The number of carbonyl (C=O) groups is 1. The zero-order chi connectivity index (χ0) is 21.6. The van der Waals surface area contributed by atoms with Crippen LogP contribution in [0, 0.1) is 11.3 Å². The topological polar surface area (TPSA) is 69.5 Å². The maximum atomic E-state index is 13.0. The summed E-state index contributed by atoms with van der Waals surface area (Å²) in [5.41, 5.74) is 3.35. The quantitative estimate of drug-likeness (QED) is 0.609. The molecule has 1 aliphatic heterocycles. The third kappa shape index (κ3) is 5.10. The first-order valence-electron chi connectivity index (χ1n) is 10.3. The summed E-state index contributed by atoms with van der Waals surface area (Å²) < 4.78 is 5.20. The monoisotopic (exact) mass is 432 g/mol. The molecule has 0 atom stereocenters.